The molecule has 7 nitrogen and oxygen atoms in total. The molecule has 1 unspecified atom stereocenters. The van der Waals surface area contributed by atoms with E-state index in [0.717, 1.165) is 5.69 Å². The van der Waals surface area contributed by atoms with Crippen LogP contribution >= 0.6 is 0 Å². The normalized spacial score (nSPS) is 12.2. The molecule has 0 aliphatic heterocycles. The third-order valence-electron chi connectivity index (χ3n) is 2.45. The van der Waals surface area contributed by atoms with Crippen molar-refractivity contribution in [2.75, 3.05) is 5.32 Å². The molecule has 0 spiro atoms. The number of aliphatic carboxylic acids is 2. The fourth-order valence-corrected chi connectivity index (χ4v) is 1.48. The summed E-state index contributed by atoms with van der Waals surface area (Å²) < 4.78 is 0. The van der Waals surface area contributed by atoms with Gasteiger partial charge in [-0.05, 0) is 18.9 Å². The SMILES string of the molecule is Cc1cc(C(C)C)nc(NC(CC(=O)O)C(=O)O)n1. The van der Waals surface area contributed by atoms with Gasteiger partial charge in [0.1, 0.15) is 6.04 Å². The maximum Gasteiger partial charge on any atom is 0.326 e. The third-order valence-corrected chi connectivity index (χ3v) is 2.45. The molecule has 0 saturated carbocycles. The first-order chi connectivity index (χ1) is 8.79. The van der Waals surface area contributed by atoms with Gasteiger partial charge in [-0.15, -0.1) is 0 Å². The molecule has 0 aliphatic rings. The van der Waals surface area contributed by atoms with E-state index in [2.05, 4.69) is 15.3 Å². The Morgan fingerprint density at radius 1 is 1.32 bits per heavy atom. The fourth-order valence-electron chi connectivity index (χ4n) is 1.48. The van der Waals surface area contributed by atoms with E-state index >= 15 is 0 Å². The van der Waals surface area contributed by atoms with Gasteiger partial charge < -0.3 is 15.5 Å². The molecule has 3 N–H and O–H groups in total. The molecule has 104 valence electrons. The number of carboxylic acid groups (broad SMARTS) is 2. The number of hydrogen-bond acceptors (Lipinski definition) is 5. The molecule has 0 aromatic carbocycles. The highest BCUT2D eigenvalue weighted by Gasteiger charge is 2.22. The van der Waals surface area contributed by atoms with Crippen molar-refractivity contribution in [3.8, 4) is 0 Å². The first-order valence-corrected chi connectivity index (χ1v) is 5.86. The van der Waals surface area contributed by atoms with Crippen LogP contribution in [0, 0.1) is 6.92 Å². The van der Waals surface area contributed by atoms with Crippen molar-refractivity contribution in [1.29, 1.82) is 0 Å². The molecule has 1 atom stereocenters. The zero-order chi connectivity index (χ0) is 14.6. The number of aryl methyl sites for hydroxylation is 1. The number of hydrogen-bond donors (Lipinski definition) is 3. The van der Waals surface area contributed by atoms with E-state index in [1.165, 1.54) is 0 Å². The number of nitrogens with zero attached hydrogens (tertiary/aromatic N) is 2. The van der Waals surface area contributed by atoms with E-state index in [9.17, 15) is 9.59 Å². The largest absolute Gasteiger partial charge is 0.481 e. The van der Waals surface area contributed by atoms with Gasteiger partial charge in [0.15, 0.2) is 0 Å². The van der Waals surface area contributed by atoms with E-state index < -0.39 is 24.4 Å². The van der Waals surface area contributed by atoms with Crippen LogP contribution in [0.3, 0.4) is 0 Å². The van der Waals surface area contributed by atoms with Crippen LogP contribution in [0.5, 0.6) is 0 Å². The molecule has 1 heterocycles. The molecule has 0 aliphatic carbocycles. The van der Waals surface area contributed by atoms with Crippen molar-refractivity contribution in [2.45, 2.75) is 39.2 Å². The summed E-state index contributed by atoms with van der Waals surface area (Å²) in [5.41, 5.74) is 1.47. The minimum absolute atomic E-state index is 0.136. The lowest BCUT2D eigenvalue weighted by Crippen LogP contribution is -2.32. The summed E-state index contributed by atoms with van der Waals surface area (Å²) in [6.07, 6.45) is -0.538. The van der Waals surface area contributed by atoms with Crippen LogP contribution < -0.4 is 5.32 Å². The van der Waals surface area contributed by atoms with Crippen LogP contribution in [0.2, 0.25) is 0 Å². The highest BCUT2D eigenvalue weighted by molar-refractivity contribution is 5.82. The number of anilines is 1. The van der Waals surface area contributed by atoms with E-state index in [4.69, 9.17) is 10.2 Å². The van der Waals surface area contributed by atoms with Gasteiger partial charge in [-0.1, -0.05) is 13.8 Å². The highest BCUT2D eigenvalue weighted by Crippen LogP contribution is 2.15. The van der Waals surface area contributed by atoms with Gasteiger partial charge in [-0.3, -0.25) is 4.79 Å². The lowest BCUT2D eigenvalue weighted by atomic mass is 10.1. The number of carboxylic acids is 2. The standard InChI is InChI=1S/C12H17N3O4/c1-6(2)8-4-7(3)13-12(14-8)15-9(11(18)19)5-10(16)17/h4,6,9H,5H2,1-3H3,(H,16,17)(H,18,19)(H,13,14,15). The molecule has 0 saturated heterocycles. The average Bonchev–Trinajstić information content (AvgIpc) is 2.26. The zero-order valence-corrected chi connectivity index (χ0v) is 11.0. The summed E-state index contributed by atoms with van der Waals surface area (Å²) >= 11 is 0. The molecule has 1 aromatic heterocycles. The molecule has 7 heteroatoms. The van der Waals surface area contributed by atoms with E-state index in [0.29, 0.717) is 5.69 Å². The van der Waals surface area contributed by atoms with Gasteiger partial charge in [0, 0.05) is 11.4 Å². The van der Waals surface area contributed by atoms with Crippen LogP contribution in [0.25, 0.3) is 0 Å². The molecule has 1 rings (SSSR count). The second kappa shape index (κ2) is 6.12. The Morgan fingerprint density at radius 2 is 1.95 bits per heavy atom. The van der Waals surface area contributed by atoms with Crippen molar-refractivity contribution in [3.05, 3.63) is 17.5 Å². The maximum absolute atomic E-state index is 11.0. The van der Waals surface area contributed by atoms with Crippen LogP contribution in [0.15, 0.2) is 6.07 Å². The Bertz CT molecular complexity index is 488. The lowest BCUT2D eigenvalue weighted by molar-refractivity contribution is -0.144. The molecule has 0 fully saturated rings. The van der Waals surface area contributed by atoms with Gasteiger partial charge in [0.05, 0.1) is 6.42 Å². The van der Waals surface area contributed by atoms with E-state index in [1.54, 1.807) is 6.92 Å². The Kier molecular flexibility index (Phi) is 4.80. The van der Waals surface area contributed by atoms with Crippen LogP contribution in [0.1, 0.15) is 37.6 Å². The van der Waals surface area contributed by atoms with Gasteiger partial charge in [-0.25, -0.2) is 14.8 Å². The molecule has 19 heavy (non-hydrogen) atoms. The second-order valence-corrected chi connectivity index (χ2v) is 4.55. The number of nitrogens with one attached hydrogen (secondary N) is 1. The van der Waals surface area contributed by atoms with Crippen molar-refractivity contribution >= 4 is 17.9 Å². The quantitative estimate of drug-likeness (QED) is 0.710. The summed E-state index contributed by atoms with van der Waals surface area (Å²) in [6, 6.07) is 0.558. The first kappa shape index (κ1) is 14.9. The Hall–Kier alpha value is -2.18. The summed E-state index contributed by atoms with van der Waals surface area (Å²) in [4.78, 5) is 29.8. The predicted octanol–water partition coefficient (Wildman–Crippen LogP) is 1.25. The Balaban J connectivity index is 2.96. The smallest absolute Gasteiger partial charge is 0.326 e. The molecule has 0 radical (unpaired) electrons. The third kappa shape index (κ3) is 4.53. The molecule has 1 aromatic rings. The van der Waals surface area contributed by atoms with Gasteiger partial charge in [0.2, 0.25) is 5.95 Å². The van der Waals surface area contributed by atoms with Crippen LogP contribution in [0.4, 0.5) is 5.95 Å². The lowest BCUT2D eigenvalue weighted by Gasteiger charge is -2.14. The topological polar surface area (TPSA) is 112 Å². The van der Waals surface area contributed by atoms with Crippen LogP contribution in [-0.2, 0) is 9.59 Å². The van der Waals surface area contributed by atoms with E-state index in [-0.39, 0.29) is 11.9 Å². The number of aromatic nitrogens is 2. The zero-order valence-electron chi connectivity index (χ0n) is 11.0. The monoisotopic (exact) mass is 267 g/mol. The predicted molar refractivity (Wildman–Crippen MR) is 68.2 cm³/mol. The summed E-state index contributed by atoms with van der Waals surface area (Å²) in [7, 11) is 0. The molecule has 0 bridgehead atoms. The van der Waals surface area contributed by atoms with Crippen molar-refractivity contribution in [2.24, 2.45) is 0 Å². The minimum atomic E-state index is -1.25. The van der Waals surface area contributed by atoms with Gasteiger partial charge in [-0.2, -0.15) is 0 Å². The van der Waals surface area contributed by atoms with Gasteiger partial charge in [0.25, 0.3) is 0 Å². The summed E-state index contributed by atoms with van der Waals surface area (Å²) in [6.45, 7) is 5.68. The Labute approximate surface area is 110 Å². The molecular weight excluding hydrogens is 250 g/mol. The maximum atomic E-state index is 11.0. The molecule has 0 amide bonds. The minimum Gasteiger partial charge on any atom is -0.481 e. The van der Waals surface area contributed by atoms with Crippen molar-refractivity contribution < 1.29 is 19.8 Å². The van der Waals surface area contributed by atoms with Crippen LogP contribution in [-0.4, -0.2) is 38.2 Å². The van der Waals surface area contributed by atoms with Crippen molar-refractivity contribution in [3.63, 3.8) is 0 Å². The highest BCUT2D eigenvalue weighted by atomic mass is 16.4. The Morgan fingerprint density at radius 3 is 2.42 bits per heavy atom. The molecular formula is C12H17N3O4. The number of rotatable bonds is 6. The number of carbonyl (C=O) groups is 2. The summed E-state index contributed by atoms with van der Waals surface area (Å²) in [5, 5.41) is 20.2. The fraction of sp³-hybridized carbons (Fsp3) is 0.500. The van der Waals surface area contributed by atoms with E-state index in [1.807, 2.05) is 19.9 Å². The van der Waals surface area contributed by atoms with Gasteiger partial charge >= 0.3 is 11.9 Å². The first-order valence-electron chi connectivity index (χ1n) is 5.86. The second-order valence-electron chi connectivity index (χ2n) is 4.55. The average molecular weight is 267 g/mol. The van der Waals surface area contributed by atoms with Crippen molar-refractivity contribution in [1.82, 2.24) is 9.97 Å². The summed E-state index contributed by atoms with van der Waals surface area (Å²) in [5.74, 6) is -2.14.